The highest BCUT2D eigenvalue weighted by atomic mass is 79.9. The Morgan fingerprint density at radius 3 is 3.00 bits per heavy atom. The fourth-order valence-electron chi connectivity index (χ4n) is 1.98. The number of allylic oxidation sites excluding steroid dienone is 3. The van der Waals surface area contributed by atoms with Crippen LogP contribution in [0.1, 0.15) is 5.56 Å². The van der Waals surface area contributed by atoms with Gasteiger partial charge in [-0.05, 0) is 11.6 Å². The molecule has 0 N–H and O–H groups in total. The first-order valence-electron chi connectivity index (χ1n) is 5.11. The molecule has 0 saturated heterocycles. The summed E-state index contributed by atoms with van der Waals surface area (Å²) >= 11 is 5.07. The van der Waals surface area contributed by atoms with E-state index in [9.17, 15) is 4.79 Å². The Bertz CT molecular complexity index is 530. The van der Waals surface area contributed by atoms with Gasteiger partial charge in [-0.1, -0.05) is 58.0 Å². The Hall–Kier alpha value is -0.800. The Kier molecular flexibility index (Phi) is 2.52. The summed E-state index contributed by atoms with van der Waals surface area (Å²) in [6.45, 7) is 0. The van der Waals surface area contributed by atoms with Crippen LogP contribution in [0.2, 0.25) is 0 Å². The van der Waals surface area contributed by atoms with Crippen molar-refractivity contribution < 1.29 is 4.79 Å². The number of fused-ring (bicyclic) bond motifs is 1. The highest BCUT2D eigenvalue weighted by Gasteiger charge is 2.28. The van der Waals surface area contributed by atoms with Crippen LogP contribution in [0.4, 0.5) is 0 Å². The zero-order chi connectivity index (χ0) is 11.1. The topological polar surface area (TPSA) is 17.1 Å². The van der Waals surface area contributed by atoms with E-state index in [0.717, 1.165) is 16.9 Å². The van der Waals surface area contributed by atoms with Crippen molar-refractivity contribution in [3.05, 3.63) is 52.5 Å². The average Bonchev–Trinajstić information content (AvgIpc) is 2.32. The molecule has 1 aliphatic heterocycles. The van der Waals surface area contributed by atoms with E-state index in [1.54, 1.807) is 11.8 Å². The Balaban J connectivity index is 2.06. The standard InChI is InChI=1S/C13H9BrOS/c14-10-5-6-12-9(13(10)15)7-8-3-1-2-4-11(8)16-12/h1-6,10H,7H2. The summed E-state index contributed by atoms with van der Waals surface area (Å²) in [6, 6.07) is 8.28. The first kappa shape index (κ1) is 10.4. The number of halogens is 1. The van der Waals surface area contributed by atoms with E-state index in [1.165, 1.54) is 10.5 Å². The van der Waals surface area contributed by atoms with Gasteiger partial charge in [0.05, 0.1) is 4.83 Å². The van der Waals surface area contributed by atoms with Crippen LogP contribution in [0.25, 0.3) is 0 Å². The summed E-state index contributed by atoms with van der Waals surface area (Å²) in [7, 11) is 0. The molecule has 0 radical (unpaired) electrons. The number of ketones is 1. The van der Waals surface area contributed by atoms with Gasteiger partial charge in [0.1, 0.15) is 0 Å². The van der Waals surface area contributed by atoms with Crippen LogP contribution in [-0.2, 0) is 11.2 Å². The number of carbonyl (C=O) groups is 1. The van der Waals surface area contributed by atoms with E-state index >= 15 is 0 Å². The second-order valence-corrected chi connectivity index (χ2v) is 5.92. The van der Waals surface area contributed by atoms with E-state index in [-0.39, 0.29) is 10.6 Å². The molecule has 0 aromatic heterocycles. The minimum atomic E-state index is -0.142. The summed E-state index contributed by atoms with van der Waals surface area (Å²) in [6.07, 6.45) is 4.74. The monoisotopic (exact) mass is 292 g/mol. The van der Waals surface area contributed by atoms with Gasteiger partial charge < -0.3 is 0 Å². The molecule has 3 rings (SSSR count). The van der Waals surface area contributed by atoms with E-state index in [1.807, 2.05) is 18.2 Å². The maximum absolute atomic E-state index is 12.0. The zero-order valence-corrected chi connectivity index (χ0v) is 10.8. The van der Waals surface area contributed by atoms with Gasteiger partial charge in [0.15, 0.2) is 5.78 Å². The van der Waals surface area contributed by atoms with Crippen molar-refractivity contribution in [2.45, 2.75) is 16.1 Å². The largest absolute Gasteiger partial charge is 0.293 e. The molecule has 1 nitrogen and oxygen atoms in total. The highest BCUT2D eigenvalue weighted by Crippen LogP contribution is 2.41. The fourth-order valence-corrected chi connectivity index (χ4v) is 3.50. The maximum atomic E-state index is 12.0. The number of hydrogen-bond acceptors (Lipinski definition) is 2. The molecule has 3 heteroatoms. The van der Waals surface area contributed by atoms with Crippen LogP contribution in [0, 0.1) is 0 Å². The lowest BCUT2D eigenvalue weighted by atomic mass is 9.96. The van der Waals surface area contributed by atoms with Crippen molar-refractivity contribution in [2.24, 2.45) is 0 Å². The summed E-state index contributed by atoms with van der Waals surface area (Å²) in [5.74, 6) is 0.208. The van der Waals surface area contributed by atoms with Crippen molar-refractivity contribution >= 4 is 33.5 Å². The van der Waals surface area contributed by atoms with Crippen molar-refractivity contribution in [2.75, 3.05) is 0 Å². The van der Waals surface area contributed by atoms with E-state index in [0.29, 0.717) is 0 Å². The summed E-state index contributed by atoms with van der Waals surface area (Å²) in [4.78, 5) is 14.2. The van der Waals surface area contributed by atoms with Gasteiger partial charge >= 0.3 is 0 Å². The van der Waals surface area contributed by atoms with Gasteiger partial charge in [-0.25, -0.2) is 0 Å². The molecule has 16 heavy (non-hydrogen) atoms. The Morgan fingerprint density at radius 2 is 2.12 bits per heavy atom. The molecule has 0 bridgehead atoms. The van der Waals surface area contributed by atoms with Crippen LogP contribution < -0.4 is 0 Å². The third-order valence-corrected chi connectivity index (χ3v) is 4.76. The third kappa shape index (κ3) is 1.59. The third-order valence-electron chi connectivity index (χ3n) is 2.82. The minimum absolute atomic E-state index is 0.142. The van der Waals surface area contributed by atoms with Gasteiger partial charge in [-0.2, -0.15) is 0 Å². The van der Waals surface area contributed by atoms with E-state index in [4.69, 9.17) is 0 Å². The van der Waals surface area contributed by atoms with E-state index in [2.05, 4.69) is 34.1 Å². The predicted octanol–water partition coefficient (Wildman–Crippen LogP) is 3.49. The summed E-state index contributed by atoms with van der Waals surface area (Å²) in [5.41, 5.74) is 2.21. The van der Waals surface area contributed by atoms with Gasteiger partial charge in [0.25, 0.3) is 0 Å². The van der Waals surface area contributed by atoms with Crippen LogP contribution in [0.15, 0.2) is 51.8 Å². The number of Topliss-reactive ketones (excluding diaryl/α,β-unsaturated/α-hetero) is 1. The lowest BCUT2D eigenvalue weighted by Gasteiger charge is -2.23. The van der Waals surface area contributed by atoms with Crippen LogP contribution >= 0.6 is 27.7 Å². The lowest BCUT2D eigenvalue weighted by Crippen LogP contribution is -2.21. The Morgan fingerprint density at radius 1 is 1.31 bits per heavy atom. The molecule has 80 valence electrons. The second kappa shape index (κ2) is 3.90. The van der Waals surface area contributed by atoms with E-state index < -0.39 is 0 Å². The van der Waals surface area contributed by atoms with Gasteiger partial charge in [-0.15, -0.1) is 0 Å². The molecule has 1 aromatic carbocycles. The lowest BCUT2D eigenvalue weighted by molar-refractivity contribution is -0.114. The van der Waals surface area contributed by atoms with Crippen molar-refractivity contribution in [3.8, 4) is 0 Å². The fraction of sp³-hybridized carbons (Fsp3) is 0.154. The molecule has 0 fully saturated rings. The summed E-state index contributed by atoms with van der Waals surface area (Å²) in [5, 5.41) is 0. The van der Waals surface area contributed by atoms with Gasteiger partial charge in [-0.3, -0.25) is 4.79 Å². The maximum Gasteiger partial charge on any atom is 0.177 e. The number of thioether (sulfide) groups is 1. The molecule has 2 aliphatic rings. The SMILES string of the molecule is O=C1C2=C(C=CC1Br)Sc1ccccc1C2. The van der Waals surface area contributed by atoms with Crippen molar-refractivity contribution in [1.82, 2.24) is 0 Å². The predicted molar refractivity (Wildman–Crippen MR) is 69.9 cm³/mol. The number of benzene rings is 1. The van der Waals surface area contributed by atoms with Crippen LogP contribution in [-0.4, -0.2) is 10.6 Å². The molecule has 0 amide bonds. The molecular formula is C13H9BrOS. The number of carbonyl (C=O) groups excluding carboxylic acids is 1. The molecule has 1 atom stereocenters. The number of alkyl halides is 1. The van der Waals surface area contributed by atoms with Crippen LogP contribution in [0.5, 0.6) is 0 Å². The van der Waals surface area contributed by atoms with Crippen molar-refractivity contribution in [1.29, 1.82) is 0 Å². The quantitative estimate of drug-likeness (QED) is 0.681. The molecule has 0 spiro atoms. The average molecular weight is 293 g/mol. The van der Waals surface area contributed by atoms with Gasteiger partial charge in [0, 0.05) is 21.8 Å². The van der Waals surface area contributed by atoms with Gasteiger partial charge in [0.2, 0.25) is 0 Å². The molecule has 0 saturated carbocycles. The number of rotatable bonds is 0. The first-order valence-corrected chi connectivity index (χ1v) is 6.84. The Labute approximate surface area is 107 Å². The first-order chi connectivity index (χ1) is 7.75. The molecule has 1 heterocycles. The van der Waals surface area contributed by atoms with Crippen LogP contribution in [0.3, 0.4) is 0 Å². The molecule has 1 aromatic rings. The molecular weight excluding hydrogens is 284 g/mol. The molecule has 1 aliphatic carbocycles. The zero-order valence-electron chi connectivity index (χ0n) is 8.44. The smallest absolute Gasteiger partial charge is 0.177 e. The molecule has 1 unspecified atom stereocenters. The van der Waals surface area contributed by atoms with Crippen molar-refractivity contribution in [3.63, 3.8) is 0 Å². The normalized spacial score (nSPS) is 23.1. The highest BCUT2D eigenvalue weighted by molar-refractivity contribution is 9.10. The second-order valence-electron chi connectivity index (χ2n) is 3.85. The summed E-state index contributed by atoms with van der Waals surface area (Å²) < 4.78 is 0. The minimum Gasteiger partial charge on any atom is -0.293 e. The number of hydrogen-bond donors (Lipinski definition) is 0.